The molecule has 0 bridgehead atoms. The number of carbonyl (C=O) groups is 1. The molecule has 3 N–H and O–H groups in total. The van der Waals surface area contributed by atoms with Crippen molar-refractivity contribution in [2.24, 2.45) is 11.7 Å². The maximum atomic E-state index is 11.5. The van der Waals surface area contributed by atoms with Gasteiger partial charge in [0.2, 0.25) is 0 Å². The molecule has 0 aromatic rings. The number of likely N-dealkylation sites (tertiary alicyclic amines) is 1. The van der Waals surface area contributed by atoms with Gasteiger partial charge in [0.1, 0.15) is 0 Å². The molecule has 1 aliphatic heterocycles. The Balaban J connectivity index is 1.80. The Morgan fingerprint density at radius 3 is 2.53 bits per heavy atom. The molecular formula is C12H22N2O3. The fourth-order valence-electron chi connectivity index (χ4n) is 3.00. The van der Waals surface area contributed by atoms with Crippen LogP contribution in [0.25, 0.3) is 0 Å². The molecule has 0 aromatic carbocycles. The lowest BCUT2D eigenvalue weighted by molar-refractivity contribution is -0.0248. The van der Waals surface area contributed by atoms with Gasteiger partial charge in [0.25, 0.3) is 0 Å². The van der Waals surface area contributed by atoms with Crippen molar-refractivity contribution in [1.29, 1.82) is 0 Å². The van der Waals surface area contributed by atoms with E-state index in [0.717, 1.165) is 25.9 Å². The first kappa shape index (κ1) is 12.6. The first-order valence-corrected chi connectivity index (χ1v) is 6.44. The predicted octanol–water partition coefficient (Wildman–Crippen LogP) is 0.707. The average molecular weight is 242 g/mol. The molecule has 1 saturated carbocycles. The summed E-state index contributed by atoms with van der Waals surface area (Å²) in [6, 6.07) is 0. The highest BCUT2D eigenvalue weighted by Crippen LogP contribution is 2.41. The fraction of sp³-hybridized carbons (Fsp3) is 0.917. The van der Waals surface area contributed by atoms with Gasteiger partial charge in [-0.15, -0.1) is 0 Å². The van der Waals surface area contributed by atoms with Gasteiger partial charge in [0, 0.05) is 18.6 Å². The smallest absolute Gasteiger partial charge is 0.409 e. The van der Waals surface area contributed by atoms with Gasteiger partial charge < -0.3 is 20.5 Å². The summed E-state index contributed by atoms with van der Waals surface area (Å²) in [5.41, 5.74) is 6.06. The minimum atomic E-state index is -0.219. The van der Waals surface area contributed by atoms with Gasteiger partial charge in [-0.2, -0.15) is 0 Å². The van der Waals surface area contributed by atoms with Gasteiger partial charge in [0.05, 0.1) is 12.7 Å². The lowest BCUT2D eigenvalue weighted by Gasteiger charge is -2.50. The van der Waals surface area contributed by atoms with E-state index in [1.807, 2.05) is 6.92 Å². The van der Waals surface area contributed by atoms with E-state index in [1.165, 1.54) is 0 Å². The minimum Gasteiger partial charge on any atom is -0.450 e. The second-order valence-electron chi connectivity index (χ2n) is 5.26. The Bertz CT molecular complexity index is 281. The van der Waals surface area contributed by atoms with Crippen molar-refractivity contribution in [3.05, 3.63) is 0 Å². The molecule has 2 aliphatic rings. The van der Waals surface area contributed by atoms with Gasteiger partial charge in [0.15, 0.2) is 0 Å². The molecule has 1 aliphatic carbocycles. The molecule has 0 aromatic heterocycles. The molecule has 1 heterocycles. The van der Waals surface area contributed by atoms with Crippen LogP contribution in [0.2, 0.25) is 0 Å². The molecule has 0 spiro atoms. The summed E-state index contributed by atoms with van der Waals surface area (Å²) < 4.78 is 4.98. The van der Waals surface area contributed by atoms with E-state index >= 15 is 0 Å². The molecule has 2 rings (SSSR count). The third-order valence-electron chi connectivity index (χ3n) is 4.07. The standard InChI is InChI=1S/C12H22N2O3/c1-2-17-11(16)14-5-3-9(4-6-14)12(13)7-10(15)8-12/h9-10,15H,2-8,13H2,1H3. The number of hydrogen-bond acceptors (Lipinski definition) is 4. The van der Waals surface area contributed by atoms with Crippen LogP contribution < -0.4 is 5.73 Å². The molecule has 1 saturated heterocycles. The summed E-state index contributed by atoms with van der Waals surface area (Å²) >= 11 is 0. The zero-order chi connectivity index (χ0) is 12.5. The Hall–Kier alpha value is -0.810. The number of carbonyl (C=O) groups excluding carboxylic acids is 1. The summed E-state index contributed by atoms with van der Waals surface area (Å²) in [6.07, 6.45) is 2.81. The van der Waals surface area contributed by atoms with Crippen molar-refractivity contribution in [2.45, 2.75) is 44.2 Å². The van der Waals surface area contributed by atoms with Crippen LogP contribution in [0.4, 0.5) is 4.79 Å². The van der Waals surface area contributed by atoms with Gasteiger partial charge in [-0.25, -0.2) is 4.79 Å². The van der Waals surface area contributed by atoms with Crippen molar-refractivity contribution in [1.82, 2.24) is 4.90 Å². The van der Waals surface area contributed by atoms with Crippen LogP contribution >= 0.6 is 0 Å². The SMILES string of the molecule is CCOC(=O)N1CCC(C2(N)CC(O)C2)CC1. The average Bonchev–Trinajstić information content (AvgIpc) is 2.28. The first-order valence-electron chi connectivity index (χ1n) is 6.44. The quantitative estimate of drug-likeness (QED) is 0.747. The van der Waals surface area contributed by atoms with E-state index in [9.17, 15) is 9.90 Å². The number of rotatable bonds is 2. The summed E-state index contributed by atoms with van der Waals surface area (Å²) in [5.74, 6) is 0.427. The van der Waals surface area contributed by atoms with Crippen molar-refractivity contribution in [3.63, 3.8) is 0 Å². The minimum absolute atomic E-state index is 0.194. The first-order chi connectivity index (χ1) is 8.05. The Kier molecular flexibility index (Phi) is 3.58. The van der Waals surface area contributed by atoms with Crippen LogP contribution in [0, 0.1) is 5.92 Å². The second kappa shape index (κ2) is 4.82. The van der Waals surface area contributed by atoms with Crippen molar-refractivity contribution < 1.29 is 14.6 Å². The van der Waals surface area contributed by atoms with Gasteiger partial charge >= 0.3 is 6.09 Å². The third-order valence-corrected chi connectivity index (χ3v) is 4.07. The zero-order valence-corrected chi connectivity index (χ0v) is 10.4. The second-order valence-corrected chi connectivity index (χ2v) is 5.26. The molecule has 17 heavy (non-hydrogen) atoms. The molecule has 0 unspecified atom stereocenters. The van der Waals surface area contributed by atoms with Crippen LogP contribution in [-0.2, 0) is 4.74 Å². The topological polar surface area (TPSA) is 75.8 Å². The largest absolute Gasteiger partial charge is 0.450 e. The number of piperidine rings is 1. The maximum absolute atomic E-state index is 11.5. The molecule has 1 amide bonds. The van der Waals surface area contributed by atoms with E-state index in [1.54, 1.807) is 4.90 Å². The van der Waals surface area contributed by atoms with Crippen LogP contribution in [0.3, 0.4) is 0 Å². The van der Waals surface area contributed by atoms with Gasteiger partial charge in [-0.1, -0.05) is 0 Å². The summed E-state index contributed by atoms with van der Waals surface area (Å²) in [5, 5.41) is 9.36. The number of aliphatic hydroxyl groups is 1. The van der Waals surface area contributed by atoms with Crippen molar-refractivity contribution >= 4 is 6.09 Å². The fourth-order valence-corrected chi connectivity index (χ4v) is 3.00. The molecule has 98 valence electrons. The van der Waals surface area contributed by atoms with E-state index in [2.05, 4.69) is 0 Å². The van der Waals surface area contributed by atoms with E-state index in [0.29, 0.717) is 25.4 Å². The normalized spacial score (nSPS) is 34.3. The highest BCUT2D eigenvalue weighted by molar-refractivity contribution is 5.67. The van der Waals surface area contributed by atoms with Gasteiger partial charge in [-0.05, 0) is 38.5 Å². The van der Waals surface area contributed by atoms with Crippen LogP contribution in [0.5, 0.6) is 0 Å². The molecule has 0 radical (unpaired) electrons. The summed E-state index contributed by atoms with van der Waals surface area (Å²) in [6.45, 7) is 3.68. The number of hydrogen-bond donors (Lipinski definition) is 2. The Labute approximate surface area is 102 Å². The lowest BCUT2D eigenvalue weighted by atomic mass is 9.64. The molecule has 0 atom stereocenters. The summed E-state index contributed by atoms with van der Waals surface area (Å²) in [4.78, 5) is 13.3. The highest BCUT2D eigenvalue weighted by Gasteiger charge is 2.46. The molecular weight excluding hydrogens is 220 g/mol. The number of aliphatic hydroxyl groups excluding tert-OH is 1. The van der Waals surface area contributed by atoms with Crippen LogP contribution in [0.15, 0.2) is 0 Å². The van der Waals surface area contributed by atoms with Crippen molar-refractivity contribution in [2.75, 3.05) is 19.7 Å². The third kappa shape index (κ3) is 2.55. The highest BCUT2D eigenvalue weighted by atomic mass is 16.6. The predicted molar refractivity (Wildman–Crippen MR) is 63.5 cm³/mol. The molecule has 5 heteroatoms. The molecule has 2 fully saturated rings. The number of nitrogens with zero attached hydrogens (tertiary/aromatic N) is 1. The van der Waals surface area contributed by atoms with E-state index in [-0.39, 0.29) is 17.7 Å². The number of nitrogens with two attached hydrogens (primary N) is 1. The zero-order valence-electron chi connectivity index (χ0n) is 10.4. The maximum Gasteiger partial charge on any atom is 0.409 e. The van der Waals surface area contributed by atoms with Gasteiger partial charge in [-0.3, -0.25) is 0 Å². The monoisotopic (exact) mass is 242 g/mol. The number of ether oxygens (including phenoxy) is 1. The lowest BCUT2D eigenvalue weighted by Crippen LogP contribution is -2.61. The molecule has 5 nitrogen and oxygen atoms in total. The summed E-state index contributed by atoms with van der Waals surface area (Å²) in [7, 11) is 0. The Morgan fingerprint density at radius 1 is 1.47 bits per heavy atom. The number of amides is 1. The van der Waals surface area contributed by atoms with Crippen molar-refractivity contribution in [3.8, 4) is 0 Å². The van der Waals surface area contributed by atoms with Crippen LogP contribution in [-0.4, -0.2) is 47.4 Å². The van der Waals surface area contributed by atoms with Crippen LogP contribution in [0.1, 0.15) is 32.6 Å². The van der Waals surface area contributed by atoms with E-state index in [4.69, 9.17) is 10.5 Å². The Morgan fingerprint density at radius 2 is 2.06 bits per heavy atom. The van der Waals surface area contributed by atoms with E-state index < -0.39 is 0 Å².